The van der Waals surface area contributed by atoms with Crippen molar-refractivity contribution >= 4 is 5.91 Å². The van der Waals surface area contributed by atoms with Crippen molar-refractivity contribution in [1.29, 1.82) is 0 Å². The maximum absolute atomic E-state index is 12.0. The van der Waals surface area contributed by atoms with Crippen LogP contribution >= 0.6 is 0 Å². The van der Waals surface area contributed by atoms with Crippen molar-refractivity contribution in [2.24, 2.45) is 5.92 Å². The van der Waals surface area contributed by atoms with Crippen LogP contribution in [0.25, 0.3) is 0 Å². The number of rotatable bonds is 7. The monoisotopic (exact) mass is 312 g/mol. The Morgan fingerprint density at radius 1 is 1.18 bits per heavy atom. The van der Waals surface area contributed by atoms with Crippen molar-refractivity contribution in [3.05, 3.63) is 0 Å². The summed E-state index contributed by atoms with van der Waals surface area (Å²) in [5.74, 6) is 0.741. The summed E-state index contributed by atoms with van der Waals surface area (Å²) in [4.78, 5) is 14.3. The Bertz CT molecular complexity index is 322. The van der Waals surface area contributed by atoms with Crippen LogP contribution in [0.4, 0.5) is 0 Å². The Labute approximate surface area is 134 Å². The van der Waals surface area contributed by atoms with Crippen LogP contribution in [0.1, 0.15) is 51.4 Å². The highest BCUT2D eigenvalue weighted by atomic mass is 16.5. The number of hydrogen-bond donors (Lipinski definition) is 2. The molecule has 0 radical (unpaired) electrons. The van der Waals surface area contributed by atoms with Gasteiger partial charge in [0.1, 0.15) is 0 Å². The number of amides is 1. The molecule has 1 saturated carbocycles. The molecule has 0 spiro atoms. The Hall–Kier alpha value is -0.650. The number of aliphatic hydroxyl groups is 1. The fourth-order valence-corrected chi connectivity index (χ4v) is 3.58. The molecular weight excluding hydrogens is 280 g/mol. The van der Waals surface area contributed by atoms with Gasteiger partial charge in [-0.1, -0.05) is 0 Å². The van der Waals surface area contributed by atoms with E-state index in [2.05, 4.69) is 10.2 Å². The first-order chi connectivity index (χ1) is 10.7. The van der Waals surface area contributed by atoms with Crippen molar-refractivity contribution in [3.8, 4) is 0 Å². The van der Waals surface area contributed by atoms with Gasteiger partial charge in [0.2, 0.25) is 5.91 Å². The number of aliphatic hydroxyl groups excluding tert-OH is 1. The van der Waals surface area contributed by atoms with E-state index < -0.39 is 0 Å². The molecule has 0 bridgehead atoms. The van der Waals surface area contributed by atoms with Crippen molar-refractivity contribution < 1.29 is 14.6 Å². The van der Waals surface area contributed by atoms with Gasteiger partial charge in [-0.15, -0.1) is 0 Å². The zero-order chi connectivity index (χ0) is 15.8. The van der Waals surface area contributed by atoms with E-state index in [4.69, 9.17) is 4.74 Å². The van der Waals surface area contributed by atoms with Crippen molar-refractivity contribution in [3.63, 3.8) is 0 Å². The SMILES string of the molecule is COC1CCC(CC(=O)NCCCN2CCC(O)CC2)CC1. The Morgan fingerprint density at radius 3 is 2.50 bits per heavy atom. The molecule has 22 heavy (non-hydrogen) atoms. The molecule has 1 aliphatic carbocycles. The second kappa shape index (κ2) is 9.48. The molecule has 0 aromatic heterocycles. The van der Waals surface area contributed by atoms with Crippen LogP contribution in [0.15, 0.2) is 0 Å². The predicted octanol–water partition coefficient (Wildman–Crippen LogP) is 1.54. The first-order valence-electron chi connectivity index (χ1n) is 8.87. The minimum Gasteiger partial charge on any atom is -0.393 e. The van der Waals surface area contributed by atoms with Gasteiger partial charge in [0.25, 0.3) is 0 Å². The van der Waals surface area contributed by atoms with Gasteiger partial charge in [-0.2, -0.15) is 0 Å². The van der Waals surface area contributed by atoms with Gasteiger partial charge in [-0.3, -0.25) is 4.79 Å². The third-order valence-electron chi connectivity index (χ3n) is 5.13. The lowest BCUT2D eigenvalue weighted by Gasteiger charge is -2.29. The Kier molecular flexibility index (Phi) is 7.63. The average Bonchev–Trinajstić information content (AvgIpc) is 2.54. The molecule has 1 saturated heterocycles. The molecular formula is C17H32N2O3. The van der Waals surface area contributed by atoms with E-state index >= 15 is 0 Å². The minimum absolute atomic E-state index is 0.107. The molecule has 2 fully saturated rings. The highest BCUT2D eigenvalue weighted by molar-refractivity contribution is 5.76. The summed E-state index contributed by atoms with van der Waals surface area (Å²) in [7, 11) is 1.78. The van der Waals surface area contributed by atoms with E-state index in [1.54, 1.807) is 7.11 Å². The Morgan fingerprint density at radius 2 is 1.86 bits per heavy atom. The molecule has 5 nitrogen and oxygen atoms in total. The summed E-state index contributed by atoms with van der Waals surface area (Å²) in [5, 5.41) is 12.5. The largest absolute Gasteiger partial charge is 0.393 e. The van der Waals surface area contributed by atoms with E-state index in [9.17, 15) is 9.90 Å². The number of carbonyl (C=O) groups is 1. The maximum Gasteiger partial charge on any atom is 0.220 e. The van der Waals surface area contributed by atoms with Gasteiger partial charge >= 0.3 is 0 Å². The third kappa shape index (κ3) is 6.23. The number of ether oxygens (including phenoxy) is 1. The van der Waals surface area contributed by atoms with Crippen LogP contribution < -0.4 is 5.32 Å². The summed E-state index contributed by atoms with van der Waals surface area (Å²) < 4.78 is 5.37. The van der Waals surface area contributed by atoms with E-state index in [0.29, 0.717) is 18.4 Å². The van der Waals surface area contributed by atoms with E-state index in [0.717, 1.165) is 71.1 Å². The van der Waals surface area contributed by atoms with Crippen LogP contribution in [0, 0.1) is 5.92 Å². The molecule has 0 atom stereocenters. The van der Waals surface area contributed by atoms with Crippen LogP contribution in [-0.4, -0.2) is 61.4 Å². The fraction of sp³-hybridized carbons (Fsp3) is 0.941. The van der Waals surface area contributed by atoms with E-state index in [1.807, 2.05) is 0 Å². The summed E-state index contributed by atoms with van der Waals surface area (Å²) in [6.07, 6.45) is 8.15. The highest BCUT2D eigenvalue weighted by Gasteiger charge is 2.22. The molecule has 5 heteroatoms. The Balaban J connectivity index is 1.49. The third-order valence-corrected chi connectivity index (χ3v) is 5.13. The molecule has 0 aromatic rings. The smallest absolute Gasteiger partial charge is 0.220 e. The van der Waals surface area contributed by atoms with Gasteiger partial charge in [0.15, 0.2) is 0 Å². The van der Waals surface area contributed by atoms with Crippen molar-refractivity contribution in [2.45, 2.75) is 63.6 Å². The van der Waals surface area contributed by atoms with Crippen molar-refractivity contribution in [1.82, 2.24) is 10.2 Å². The maximum atomic E-state index is 12.0. The van der Waals surface area contributed by atoms with E-state index in [1.165, 1.54) is 0 Å². The van der Waals surface area contributed by atoms with E-state index in [-0.39, 0.29) is 12.0 Å². The second-order valence-electron chi connectivity index (χ2n) is 6.86. The van der Waals surface area contributed by atoms with Gasteiger partial charge in [-0.05, 0) is 57.4 Å². The number of piperidine rings is 1. The first kappa shape index (κ1) is 17.7. The number of hydrogen-bond acceptors (Lipinski definition) is 4. The molecule has 0 aromatic carbocycles. The lowest BCUT2D eigenvalue weighted by Crippen LogP contribution is -2.37. The first-order valence-corrected chi connectivity index (χ1v) is 8.87. The molecule has 2 N–H and O–H groups in total. The summed E-state index contributed by atoms with van der Waals surface area (Å²) in [5.41, 5.74) is 0. The minimum atomic E-state index is -0.107. The lowest BCUT2D eigenvalue weighted by atomic mass is 9.85. The van der Waals surface area contributed by atoms with Crippen LogP contribution in [0.3, 0.4) is 0 Å². The average molecular weight is 312 g/mol. The molecule has 128 valence electrons. The molecule has 2 rings (SSSR count). The lowest BCUT2D eigenvalue weighted by molar-refractivity contribution is -0.122. The van der Waals surface area contributed by atoms with Crippen LogP contribution in [0.2, 0.25) is 0 Å². The van der Waals surface area contributed by atoms with Gasteiger partial charge in [0.05, 0.1) is 12.2 Å². The van der Waals surface area contributed by atoms with Crippen molar-refractivity contribution in [2.75, 3.05) is 33.3 Å². The zero-order valence-corrected chi connectivity index (χ0v) is 13.9. The van der Waals surface area contributed by atoms with Gasteiger partial charge in [-0.25, -0.2) is 0 Å². The number of nitrogens with one attached hydrogen (secondary N) is 1. The molecule has 2 aliphatic rings. The predicted molar refractivity (Wildman–Crippen MR) is 86.7 cm³/mol. The zero-order valence-electron chi connectivity index (χ0n) is 13.9. The highest BCUT2D eigenvalue weighted by Crippen LogP contribution is 2.28. The topological polar surface area (TPSA) is 61.8 Å². The van der Waals surface area contributed by atoms with Crippen LogP contribution in [0.5, 0.6) is 0 Å². The summed E-state index contributed by atoms with van der Waals surface area (Å²) in [6.45, 7) is 3.76. The van der Waals surface area contributed by atoms with Gasteiger partial charge < -0.3 is 20.1 Å². The summed E-state index contributed by atoms with van der Waals surface area (Å²) >= 11 is 0. The number of carbonyl (C=O) groups excluding carboxylic acids is 1. The molecule has 0 unspecified atom stereocenters. The quantitative estimate of drug-likeness (QED) is 0.700. The number of likely N-dealkylation sites (tertiary alicyclic amines) is 1. The van der Waals surface area contributed by atoms with Crippen LogP contribution in [-0.2, 0) is 9.53 Å². The van der Waals surface area contributed by atoms with Gasteiger partial charge in [0, 0.05) is 33.2 Å². The molecule has 1 amide bonds. The molecule has 1 heterocycles. The normalized spacial score (nSPS) is 27.7. The number of methoxy groups -OCH3 is 1. The molecule has 1 aliphatic heterocycles. The standard InChI is InChI=1S/C17H32N2O3/c1-22-16-5-3-14(4-6-16)13-17(21)18-9-2-10-19-11-7-15(20)8-12-19/h14-16,20H,2-13H2,1H3,(H,18,21). The fourth-order valence-electron chi connectivity index (χ4n) is 3.58. The summed E-state index contributed by atoms with van der Waals surface area (Å²) in [6, 6.07) is 0. The number of nitrogens with zero attached hydrogens (tertiary/aromatic N) is 1. The second-order valence-corrected chi connectivity index (χ2v) is 6.86.